The number of hydrogen-bond donors (Lipinski definition) is 3. The van der Waals surface area contributed by atoms with Gasteiger partial charge in [-0.15, -0.1) is 0 Å². The highest BCUT2D eigenvalue weighted by molar-refractivity contribution is 5.89. The standard InChI is InChI=1S/C21H33N3O5/c1-15(23-20(27)29-21(2,3)4)18(25)24-17(12-8-9-13-22)19(26)28-14-16-10-6-5-7-11-16/h5-7,10-11,15,17H,8-9,12-14,22H2,1-4H3,(H,23,27)(H,24,25)/t15-,17-/m0/s1. The highest BCUT2D eigenvalue weighted by Gasteiger charge is 2.26. The fourth-order valence-electron chi connectivity index (χ4n) is 2.42. The number of benzene rings is 1. The molecule has 0 aliphatic carbocycles. The molecule has 0 saturated carbocycles. The van der Waals surface area contributed by atoms with Gasteiger partial charge in [0, 0.05) is 0 Å². The molecule has 1 aromatic rings. The molecule has 8 nitrogen and oxygen atoms in total. The minimum atomic E-state index is -0.871. The molecular formula is C21H33N3O5. The minimum Gasteiger partial charge on any atom is -0.459 e. The van der Waals surface area contributed by atoms with Crippen molar-refractivity contribution in [2.24, 2.45) is 5.73 Å². The van der Waals surface area contributed by atoms with E-state index in [2.05, 4.69) is 10.6 Å². The summed E-state index contributed by atoms with van der Waals surface area (Å²) in [7, 11) is 0. The van der Waals surface area contributed by atoms with Crippen molar-refractivity contribution in [3.8, 4) is 0 Å². The van der Waals surface area contributed by atoms with Gasteiger partial charge in [0.15, 0.2) is 0 Å². The van der Waals surface area contributed by atoms with Crippen molar-refractivity contribution in [1.29, 1.82) is 0 Å². The van der Waals surface area contributed by atoms with Gasteiger partial charge in [0.05, 0.1) is 0 Å². The third-order valence-corrected chi connectivity index (χ3v) is 3.90. The second-order valence-electron chi connectivity index (χ2n) is 7.81. The number of alkyl carbamates (subject to hydrolysis) is 1. The van der Waals surface area contributed by atoms with E-state index in [1.807, 2.05) is 30.3 Å². The third kappa shape index (κ3) is 10.5. The fourth-order valence-corrected chi connectivity index (χ4v) is 2.42. The fraction of sp³-hybridized carbons (Fsp3) is 0.571. The lowest BCUT2D eigenvalue weighted by molar-refractivity contribution is -0.149. The molecular weight excluding hydrogens is 374 g/mol. The summed E-state index contributed by atoms with van der Waals surface area (Å²) in [6.07, 6.45) is 1.08. The zero-order valence-electron chi connectivity index (χ0n) is 17.7. The molecule has 0 heterocycles. The molecule has 0 saturated heterocycles. The summed E-state index contributed by atoms with van der Waals surface area (Å²) in [5.74, 6) is -1.02. The second-order valence-corrected chi connectivity index (χ2v) is 7.81. The van der Waals surface area contributed by atoms with E-state index in [0.717, 1.165) is 12.0 Å². The predicted molar refractivity (Wildman–Crippen MR) is 110 cm³/mol. The Bertz CT molecular complexity index is 658. The van der Waals surface area contributed by atoms with Crippen LogP contribution < -0.4 is 16.4 Å². The number of nitrogens with one attached hydrogen (secondary N) is 2. The van der Waals surface area contributed by atoms with Crippen molar-refractivity contribution in [3.63, 3.8) is 0 Å². The molecule has 0 unspecified atom stereocenters. The van der Waals surface area contributed by atoms with Crippen LogP contribution in [-0.4, -0.2) is 42.2 Å². The van der Waals surface area contributed by atoms with Crippen LogP contribution in [0.1, 0.15) is 52.5 Å². The van der Waals surface area contributed by atoms with Crippen LogP contribution in [0.3, 0.4) is 0 Å². The number of rotatable bonds is 10. The van der Waals surface area contributed by atoms with Crippen molar-refractivity contribution in [2.45, 2.75) is 71.2 Å². The molecule has 0 fully saturated rings. The third-order valence-electron chi connectivity index (χ3n) is 3.90. The number of unbranched alkanes of at least 4 members (excludes halogenated alkanes) is 1. The lowest BCUT2D eigenvalue weighted by Gasteiger charge is -2.23. The monoisotopic (exact) mass is 407 g/mol. The summed E-state index contributed by atoms with van der Waals surface area (Å²) in [6, 6.07) is 7.59. The molecule has 0 aromatic heterocycles. The molecule has 1 rings (SSSR count). The topological polar surface area (TPSA) is 120 Å². The number of amides is 2. The Labute approximate surface area is 172 Å². The number of nitrogens with two attached hydrogens (primary N) is 1. The quantitative estimate of drug-likeness (QED) is 0.404. The van der Waals surface area contributed by atoms with Crippen LogP contribution in [0, 0.1) is 0 Å². The Hall–Kier alpha value is -2.61. The van der Waals surface area contributed by atoms with Gasteiger partial charge in [0.25, 0.3) is 0 Å². The summed E-state index contributed by atoms with van der Waals surface area (Å²) >= 11 is 0. The second kappa shape index (κ2) is 12.1. The van der Waals surface area contributed by atoms with E-state index in [-0.39, 0.29) is 6.61 Å². The van der Waals surface area contributed by atoms with Crippen molar-refractivity contribution >= 4 is 18.0 Å². The van der Waals surface area contributed by atoms with Crippen LogP contribution >= 0.6 is 0 Å². The summed E-state index contributed by atoms with van der Waals surface area (Å²) < 4.78 is 10.5. The summed E-state index contributed by atoms with van der Waals surface area (Å²) in [4.78, 5) is 36.8. The van der Waals surface area contributed by atoms with Gasteiger partial charge in [-0.3, -0.25) is 4.79 Å². The van der Waals surface area contributed by atoms with E-state index in [4.69, 9.17) is 15.2 Å². The molecule has 0 spiro atoms. The minimum absolute atomic E-state index is 0.120. The molecule has 0 aliphatic heterocycles. The Morgan fingerprint density at radius 2 is 1.72 bits per heavy atom. The van der Waals surface area contributed by atoms with Gasteiger partial charge in [0.1, 0.15) is 24.3 Å². The van der Waals surface area contributed by atoms with Crippen molar-refractivity contribution < 1.29 is 23.9 Å². The Balaban J connectivity index is 2.64. The number of esters is 1. The highest BCUT2D eigenvalue weighted by atomic mass is 16.6. The first-order valence-corrected chi connectivity index (χ1v) is 9.83. The zero-order chi connectivity index (χ0) is 21.9. The van der Waals surface area contributed by atoms with Gasteiger partial charge in [0.2, 0.25) is 5.91 Å². The number of hydrogen-bond acceptors (Lipinski definition) is 6. The van der Waals surface area contributed by atoms with Gasteiger partial charge < -0.3 is 25.8 Å². The molecule has 0 radical (unpaired) electrons. The van der Waals surface area contributed by atoms with Crippen molar-refractivity contribution in [1.82, 2.24) is 10.6 Å². The maximum absolute atomic E-state index is 12.5. The van der Waals surface area contributed by atoms with Gasteiger partial charge >= 0.3 is 12.1 Å². The van der Waals surface area contributed by atoms with Crippen LogP contribution in [0.25, 0.3) is 0 Å². The molecule has 29 heavy (non-hydrogen) atoms. The first-order chi connectivity index (χ1) is 13.6. The largest absolute Gasteiger partial charge is 0.459 e. The smallest absolute Gasteiger partial charge is 0.408 e. The highest BCUT2D eigenvalue weighted by Crippen LogP contribution is 2.08. The normalized spacial score (nSPS) is 13.1. The number of carbonyl (C=O) groups excluding carboxylic acids is 3. The van der Waals surface area contributed by atoms with E-state index in [0.29, 0.717) is 19.4 Å². The van der Waals surface area contributed by atoms with E-state index >= 15 is 0 Å². The summed E-state index contributed by atoms with van der Waals surface area (Å²) in [5.41, 5.74) is 5.70. The number of ether oxygens (including phenoxy) is 2. The maximum atomic E-state index is 12.5. The van der Waals surface area contributed by atoms with Crippen LogP contribution in [-0.2, 0) is 25.7 Å². The Morgan fingerprint density at radius 3 is 2.31 bits per heavy atom. The summed E-state index contributed by atoms with van der Waals surface area (Å²) in [5, 5.41) is 5.12. The lowest BCUT2D eigenvalue weighted by atomic mass is 10.1. The first-order valence-electron chi connectivity index (χ1n) is 9.83. The Morgan fingerprint density at radius 1 is 1.07 bits per heavy atom. The predicted octanol–water partition coefficient (Wildman–Crippen LogP) is 2.26. The Kier molecular flexibility index (Phi) is 10.2. The zero-order valence-corrected chi connectivity index (χ0v) is 17.7. The van der Waals surface area contributed by atoms with Crippen LogP contribution in [0.4, 0.5) is 4.79 Å². The van der Waals surface area contributed by atoms with Gasteiger partial charge in [-0.25, -0.2) is 9.59 Å². The lowest BCUT2D eigenvalue weighted by Crippen LogP contribution is -2.51. The molecule has 8 heteroatoms. The average molecular weight is 408 g/mol. The van der Waals surface area contributed by atoms with Gasteiger partial charge in [-0.2, -0.15) is 0 Å². The van der Waals surface area contributed by atoms with Crippen molar-refractivity contribution in [3.05, 3.63) is 35.9 Å². The van der Waals surface area contributed by atoms with E-state index < -0.39 is 35.7 Å². The van der Waals surface area contributed by atoms with Gasteiger partial charge in [-0.1, -0.05) is 30.3 Å². The van der Waals surface area contributed by atoms with Crippen LogP contribution in [0.5, 0.6) is 0 Å². The first kappa shape index (κ1) is 24.4. The van der Waals surface area contributed by atoms with Crippen LogP contribution in [0.15, 0.2) is 30.3 Å². The van der Waals surface area contributed by atoms with E-state index in [9.17, 15) is 14.4 Å². The molecule has 162 valence electrons. The molecule has 2 atom stereocenters. The summed E-state index contributed by atoms with van der Waals surface area (Å²) in [6.45, 7) is 7.32. The maximum Gasteiger partial charge on any atom is 0.408 e. The van der Waals surface area contributed by atoms with Gasteiger partial charge in [-0.05, 0) is 59.1 Å². The van der Waals surface area contributed by atoms with Crippen molar-refractivity contribution in [2.75, 3.05) is 6.54 Å². The van der Waals surface area contributed by atoms with E-state index in [1.165, 1.54) is 6.92 Å². The molecule has 0 bridgehead atoms. The SMILES string of the molecule is C[C@H](NC(=O)OC(C)(C)C)C(=O)N[C@@H](CCCCN)C(=O)OCc1ccccc1. The molecule has 1 aromatic carbocycles. The molecule has 4 N–H and O–H groups in total. The van der Waals surface area contributed by atoms with Crippen LogP contribution in [0.2, 0.25) is 0 Å². The molecule has 0 aliphatic rings. The molecule has 2 amide bonds. The number of carbonyl (C=O) groups is 3. The van der Waals surface area contributed by atoms with E-state index in [1.54, 1.807) is 20.8 Å². The average Bonchev–Trinajstić information content (AvgIpc) is 2.64.